The lowest BCUT2D eigenvalue weighted by atomic mass is 9.85. The van der Waals surface area contributed by atoms with Gasteiger partial charge < -0.3 is 20.5 Å². The number of hydrogen-bond acceptors (Lipinski definition) is 5. The summed E-state index contributed by atoms with van der Waals surface area (Å²) in [4.78, 5) is 46.0. The summed E-state index contributed by atoms with van der Waals surface area (Å²) >= 11 is 0. The number of carbonyl (C=O) groups is 3. The minimum Gasteiger partial charge on any atom is -0.354 e. The van der Waals surface area contributed by atoms with Crippen LogP contribution in [0.3, 0.4) is 0 Å². The maximum atomic E-state index is 13.4. The summed E-state index contributed by atoms with van der Waals surface area (Å²) in [6.45, 7) is 7.32. The van der Waals surface area contributed by atoms with Gasteiger partial charge in [0.1, 0.15) is 5.82 Å². The Morgan fingerprint density at radius 2 is 1.68 bits per heavy atom. The van der Waals surface area contributed by atoms with Crippen molar-refractivity contribution in [3.05, 3.63) is 59.4 Å². The summed E-state index contributed by atoms with van der Waals surface area (Å²) in [6.07, 6.45) is 3.05. The van der Waals surface area contributed by atoms with Crippen LogP contribution in [0.25, 0.3) is 11.0 Å². The monoisotopic (exact) mass is 563 g/mol. The van der Waals surface area contributed by atoms with Crippen molar-refractivity contribution < 1.29 is 18.8 Å². The summed E-state index contributed by atoms with van der Waals surface area (Å²) in [6, 6.07) is 11.3. The number of anilines is 1. The summed E-state index contributed by atoms with van der Waals surface area (Å²) in [5.74, 6) is -0.265. The molecule has 5 rings (SSSR count). The molecule has 2 aliphatic rings. The number of fused-ring (bicyclic) bond motifs is 1. The van der Waals surface area contributed by atoms with Crippen molar-refractivity contribution in [2.24, 2.45) is 11.7 Å². The fraction of sp³-hybridized carbons (Fsp3) is 0.467. The molecule has 1 aliphatic heterocycles. The van der Waals surface area contributed by atoms with Gasteiger partial charge in [0.15, 0.2) is 0 Å². The first-order valence-electron chi connectivity index (χ1n) is 14.3. The van der Waals surface area contributed by atoms with Crippen LogP contribution in [-0.4, -0.2) is 69.4 Å². The Morgan fingerprint density at radius 1 is 1.00 bits per heavy atom. The maximum absolute atomic E-state index is 13.4. The Kier molecular flexibility index (Phi) is 8.53. The number of nitrogens with one attached hydrogen (secondary N) is 2. The van der Waals surface area contributed by atoms with Crippen LogP contribution in [0.15, 0.2) is 42.5 Å². The smallest absolute Gasteiger partial charge is 0.314 e. The number of nitrogens with zero attached hydrogens (tertiary/aromatic N) is 4. The normalized spacial score (nSPS) is 19.9. The number of hydrogen-bond donors (Lipinski definition) is 3. The van der Waals surface area contributed by atoms with Crippen molar-refractivity contribution >= 4 is 34.8 Å². The van der Waals surface area contributed by atoms with Crippen LogP contribution in [0.2, 0.25) is 0 Å². The SMILES string of the molecule is CC(C)NC(=O)C1CCC(n2c(NC(=O)c3ccc(F)cc3)nc3ccc(CN4CCN(C(N)=O)CC4)cc32)CC1. The number of halogens is 1. The molecule has 11 heteroatoms. The molecule has 0 radical (unpaired) electrons. The van der Waals surface area contributed by atoms with E-state index in [-0.39, 0.29) is 35.8 Å². The quantitative estimate of drug-likeness (QED) is 0.402. The third-order valence-electron chi connectivity index (χ3n) is 8.04. The summed E-state index contributed by atoms with van der Waals surface area (Å²) < 4.78 is 15.5. The van der Waals surface area contributed by atoms with E-state index < -0.39 is 5.82 Å². The first-order chi connectivity index (χ1) is 19.7. The number of imidazole rings is 1. The molecule has 0 unspecified atom stereocenters. The molecular formula is C30H38FN7O3. The second kappa shape index (κ2) is 12.3. The molecule has 41 heavy (non-hydrogen) atoms. The molecule has 218 valence electrons. The van der Waals surface area contributed by atoms with Crippen LogP contribution in [0.5, 0.6) is 0 Å². The van der Waals surface area contributed by atoms with Gasteiger partial charge >= 0.3 is 6.03 Å². The predicted octanol–water partition coefficient (Wildman–Crippen LogP) is 3.88. The number of aromatic nitrogens is 2. The van der Waals surface area contributed by atoms with Crippen molar-refractivity contribution in [3.63, 3.8) is 0 Å². The molecule has 1 saturated heterocycles. The number of benzene rings is 2. The number of nitrogens with two attached hydrogens (primary N) is 1. The number of primary amides is 1. The van der Waals surface area contributed by atoms with Crippen LogP contribution >= 0.6 is 0 Å². The summed E-state index contributed by atoms with van der Waals surface area (Å²) in [7, 11) is 0. The van der Waals surface area contributed by atoms with Gasteiger partial charge in [-0.05, 0) is 81.5 Å². The molecule has 2 fully saturated rings. The zero-order valence-corrected chi connectivity index (χ0v) is 23.6. The third kappa shape index (κ3) is 6.67. The molecule has 1 aromatic heterocycles. The maximum Gasteiger partial charge on any atom is 0.314 e. The Balaban J connectivity index is 1.40. The zero-order valence-electron chi connectivity index (χ0n) is 23.6. The number of carbonyl (C=O) groups excluding carboxylic acids is 3. The van der Waals surface area contributed by atoms with E-state index in [0.717, 1.165) is 55.4 Å². The second-order valence-corrected chi connectivity index (χ2v) is 11.4. The molecule has 3 aromatic rings. The van der Waals surface area contributed by atoms with Gasteiger partial charge in [-0.15, -0.1) is 0 Å². The summed E-state index contributed by atoms with van der Waals surface area (Å²) in [5.41, 5.74) is 8.56. The molecule has 2 heterocycles. The lowest BCUT2D eigenvalue weighted by molar-refractivity contribution is -0.126. The molecule has 0 spiro atoms. The van der Waals surface area contributed by atoms with E-state index in [4.69, 9.17) is 10.7 Å². The Morgan fingerprint density at radius 3 is 2.32 bits per heavy atom. The number of piperazine rings is 1. The lowest BCUT2D eigenvalue weighted by Gasteiger charge is -2.33. The highest BCUT2D eigenvalue weighted by molar-refractivity contribution is 6.04. The molecule has 2 aromatic carbocycles. The highest BCUT2D eigenvalue weighted by Crippen LogP contribution is 2.37. The van der Waals surface area contributed by atoms with Crippen LogP contribution in [-0.2, 0) is 11.3 Å². The highest BCUT2D eigenvalue weighted by atomic mass is 19.1. The molecule has 4 amide bonds. The Bertz CT molecular complexity index is 1410. The summed E-state index contributed by atoms with van der Waals surface area (Å²) in [5, 5.41) is 5.99. The van der Waals surface area contributed by atoms with E-state index in [1.165, 1.54) is 24.3 Å². The minimum atomic E-state index is -0.407. The molecule has 0 bridgehead atoms. The van der Waals surface area contributed by atoms with Gasteiger partial charge in [0.25, 0.3) is 5.91 Å². The minimum absolute atomic E-state index is 0.0321. The molecule has 1 saturated carbocycles. The fourth-order valence-electron chi connectivity index (χ4n) is 5.85. The standard InChI is InChI=1S/C30H38FN7O3/c1-19(2)33-27(39)22-6-10-24(11-7-22)38-26-17-20(18-36-13-15-37(16-14-36)29(32)41)3-12-25(26)34-30(38)35-28(40)21-4-8-23(31)9-5-21/h3-5,8-9,12,17,19,22,24H,6-7,10-11,13-16,18H2,1-2H3,(H2,32,41)(H,33,39)(H,34,35,40). The molecule has 10 nitrogen and oxygen atoms in total. The average Bonchev–Trinajstić information content (AvgIpc) is 3.30. The van der Waals surface area contributed by atoms with Crippen LogP contribution in [0, 0.1) is 11.7 Å². The first kappa shape index (κ1) is 28.5. The van der Waals surface area contributed by atoms with Gasteiger partial charge in [-0.2, -0.15) is 0 Å². The Hall–Kier alpha value is -3.99. The largest absolute Gasteiger partial charge is 0.354 e. The highest BCUT2D eigenvalue weighted by Gasteiger charge is 2.30. The van der Waals surface area contributed by atoms with Gasteiger partial charge in [0.05, 0.1) is 11.0 Å². The molecule has 0 atom stereocenters. The van der Waals surface area contributed by atoms with Gasteiger partial charge in [-0.1, -0.05) is 6.07 Å². The van der Waals surface area contributed by atoms with E-state index in [1.54, 1.807) is 4.90 Å². The third-order valence-corrected chi connectivity index (χ3v) is 8.04. The van der Waals surface area contributed by atoms with Crippen molar-refractivity contribution in [1.29, 1.82) is 0 Å². The van der Waals surface area contributed by atoms with Crippen molar-refractivity contribution in [2.75, 3.05) is 31.5 Å². The van der Waals surface area contributed by atoms with E-state index in [9.17, 15) is 18.8 Å². The number of amides is 4. The molecule has 4 N–H and O–H groups in total. The number of urea groups is 1. The lowest BCUT2D eigenvalue weighted by Crippen LogP contribution is -2.50. The molecule has 1 aliphatic carbocycles. The van der Waals surface area contributed by atoms with Crippen molar-refractivity contribution in [3.8, 4) is 0 Å². The van der Waals surface area contributed by atoms with Crippen molar-refractivity contribution in [1.82, 2.24) is 24.7 Å². The van der Waals surface area contributed by atoms with Gasteiger partial charge in [-0.3, -0.25) is 19.8 Å². The van der Waals surface area contributed by atoms with E-state index in [1.807, 2.05) is 26.0 Å². The van der Waals surface area contributed by atoms with Gasteiger partial charge in [0.2, 0.25) is 11.9 Å². The van der Waals surface area contributed by atoms with E-state index in [2.05, 4.69) is 26.2 Å². The average molecular weight is 564 g/mol. The van der Waals surface area contributed by atoms with Crippen LogP contribution in [0.1, 0.15) is 61.5 Å². The van der Waals surface area contributed by atoms with Crippen LogP contribution in [0.4, 0.5) is 15.1 Å². The first-order valence-corrected chi connectivity index (χ1v) is 14.3. The fourth-order valence-corrected chi connectivity index (χ4v) is 5.85. The number of rotatable bonds is 7. The predicted molar refractivity (Wildman–Crippen MR) is 155 cm³/mol. The van der Waals surface area contributed by atoms with E-state index in [0.29, 0.717) is 31.1 Å². The topological polar surface area (TPSA) is 126 Å². The van der Waals surface area contributed by atoms with Crippen LogP contribution < -0.4 is 16.4 Å². The Labute approximate surface area is 239 Å². The second-order valence-electron chi connectivity index (χ2n) is 11.4. The zero-order chi connectivity index (χ0) is 29.1. The van der Waals surface area contributed by atoms with Gasteiger partial charge in [-0.25, -0.2) is 14.2 Å². The van der Waals surface area contributed by atoms with Crippen molar-refractivity contribution in [2.45, 2.75) is 58.2 Å². The molecular weight excluding hydrogens is 525 g/mol. The van der Waals surface area contributed by atoms with Gasteiger partial charge in [0, 0.05) is 56.3 Å². The van der Waals surface area contributed by atoms with E-state index >= 15 is 0 Å².